The Hall–Kier alpha value is -1.77. The summed E-state index contributed by atoms with van der Waals surface area (Å²) in [6, 6.07) is 5.49. The van der Waals surface area contributed by atoms with Gasteiger partial charge in [-0.2, -0.15) is 0 Å². The Morgan fingerprint density at radius 3 is 2.55 bits per heavy atom. The molecule has 3 N–H and O–H groups in total. The standard InChI is InChI=1S/C12H15NO6S/c1-8(14)9-3-2-4-10(7-9)20(18,19)13-6-5-11(15)12(16)17/h2-4,7,11,13,15H,5-6H2,1H3,(H,16,17)/t11-/m0/s1. The van der Waals surface area contributed by atoms with E-state index in [2.05, 4.69) is 4.72 Å². The topological polar surface area (TPSA) is 121 Å². The molecule has 0 radical (unpaired) electrons. The van der Waals surface area contributed by atoms with Gasteiger partial charge in [-0.05, 0) is 25.5 Å². The van der Waals surface area contributed by atoms with E-state index in [1.807, 2.05) is 0 Å². The van der Waals surface area contributed by atoms with E-state index in [0.717, 1.165) is 0 Å². The van der Waals surface area contributed by atoms with Crippen molar-refractivity contribution in [3.63, 3.8) is 0 Å². The lowest BCUT2D eigenvalue weighted by molar-refractivity contribution is -0.146. The molecule has 1 rings (SSSR count). The number of aliphatic carboxylic acids is 1. The van der Waals surface area contributed by atoms with Crippen LogP contribution in [0.5, 0.6) is 0 Å². The maximum Gasteiger partial charge on any atom is 0.332 e. The molecule has 0 aliphatic carbocycles. The average Bonchev–Trinajstić information content (AvgIpc) is 2.38. The number of benzene rings is 1. The van der Waals surface area contributed by atoms with Crippen molar-refractivity contribution in [2.45, 2.75) is 24.3 Å². The Labute approximate surface area is 116 Å². The number of hydrogen-bond donors (Lipinski definition) is 3. The molecule has 20 heavy (non-hydrogen) atoms. The fourth-order valence-corrected chi connectivity index (χ4v) is 2.51. The molecule has 110 valence electrons. The second-order valence-electron chi connectivity index (χ2n) is 4.12. The molecule has 7 nitrogen and oxygen atoms in total. The number of aliphatic hydroxyl groups excluding tert-OH is 1. The predicted molar refractivity (Wildman–Crippen MR) is 69.9 cm³/mol. The highest BCUT2D eigenvalue weighted by Gasteiger charge is 2.17. The number of aliphatic hydroxyl groups is 1. The predicted octanol–water partition coefficient (Wildman–Crippen LogP) is 0.00310. The minimum Gasteiger partial charge on any atom is -0.479 e. The third-order valence-corrected chi connectivity index (χ3v) is 4.00. The first kappa shape index (κ1) is 16.3. The van der Waals surface area contributed by atoms with Crippen LogP contribution in [0.25, 0.3) is 0 Å². The number of nitrogens with one attached hydrogen (secondary N) is 1. The lowest BCUT2D eigenvalue weighted by atomic mass is 10.2. The smallest absolute Gasteiger partial charge is 0.332 e. The number of rotatable bonds is 7. The summed E-state index contributed by atoms with van der Waals surface area (Å²) in [6.45, 7) is 1.10. The first-order valence-corrected chi connectivity index (χ1v) is 7.24. The van der Waals surface area contributed by atoms with Crippen molar-refractivity contribution in [3.8, 4) is 0 Å². The van der Waals surface area contributed by atoms with Crippen molar-refractivity contribution >= 4 is 21.8 Å². The van der Waals surface area contributed by atoms with Crippen molar-refractivity contribution in [3.05, 3.63) is 29.8 Å². The van der Waals surface area contributed by atoms with E-state index in [1.54, 1.807) is 0 Å². The first-order valence-electron chi connectivity index (χ1n) is 5.75. The molecule has 0 saturated carbocycles. The number of sulfonamides is 1. The third-order valence-electron chi connectivity index (χ3n) is 2.55. The molecule has 0 unspecified atom stereocenters. The highest BCUT2D eigenvalue weighted by atomic mass is 32.2. The largest absolute Gasteiger partial charge is 0.479 e. The first-order chi connectivity index (χ1) is 9.24. The van der Waals surface area contributed by atoms with Crippen LogP contribution in [0.4, 0.5) is 0 Å². The number of carbonyl (C=O) groups is 2. The molecular formula is C12H15NO6S. The van der Waals surface area contributed by atoms with Crippen LogP contribution in [0, 0.1) is 0 Å². The third kappa shape index (κ3) is 4.41. The molecule has 8 heteroatoms. The molecular weight excluding hydrogens is 286 g/mol. The SMILES string of the molecule is CC(=O)c1cccc(S(=O)(=O)NCC[C@H](O)C(=O)O)c1. The highest BCUT2D eigenvalue weighted by molar-refractivity contribution is 7.89. The molecule has 0 amide bonds. The van der Waals surface area contributed by atoms with Gasteiger partial charge in [0, 0.05) is 12.1 Å². The van der Waals surface area contributed by atoms with Gasteiger partial charge in [0.2, 0.25) is 10.0 Å². The van der Waals surface area contributed by atoms with Crippen molar-refractivity contribution in [2.75, 3.05) is 6.54 Å². The van der Waals surface area contributed by atoms with Gasteiger partial charge in [0.25, 0.3) is 0 Å². The van der Waals surface area contributed by atoms with Gasteiger partial charge in [-0.1, -0.05) is 12.1 Å². The van der Waals surface area contributed by atoms with E-state index in [4.69, 9.17) is 10.2 Å². The Morgan fingerprint density at radius 1 is 1.35 bits per heavy atom. The Morgan fingerprint density at radius 2 is 2.00 bits per heavy atom. The van der Waals surface area contributed by atoms with E-state index in [0.29, 0.717) is 0 Å². The summed E-state index contributed by atoms with van der Waals surface area (Å²) >= 11 is 0. The normalized spacial score (nSPS) is 12.9. The number of hydrogen-bond acceptors (Lipinski definition) is 5. The van der Waals surface area contributed by atoms with E-state index < -0.39 is 22.1 Å². The monoisotopic (exact) mass is 301 g/mol. The van der Waals surface area contributed by atoms with Gasteiger partial charge in [-0.3, -0.25) is 4.79 Å². The fourth-order valence-electron chi connectivity index (χ4n) is 1.42. The molecule has 1 atom stereocenters. The molecule has 0 spiro atoms. The molecule has 0 heterocycles. The lowest BCUT2D eigenvalue weighted by Crippen LogP contribution is -2.30. The van der Waals surface area contributed by atoms with Gasteiger partial charge in [-0.15, -0.1) is 0 Å². The summed E-state index contributed by atoms with van der Waals surface area (Å²) in [6.07, 6.45) is -1.87. The number of Topliss-reactive ketones (excluding diaryl/α,β-unsaturated/α-hetero) is 1. The van der Waals surface area contributed by atoms with Crippen LogP contribution >= 0.6 is 0 Å². The van der Waals surface area contributed by atoms with Gasteiger partial charge in [0.1, 0.15) is 0 Å². The molecule has 1 aromatic rings. The summed E-state index contributed by atoms with van der Waals surface area (Å²) in [5.41, 5.74) is 0.262. The molecule has 1 aromatic carbocycles. The molecule has 0 bridgehead atoms. The minimum atomic E-state index is -3.84. The molecule has 0 fully saturated rings. The fraction of sp³-hybridized carbons (Fsp3) is 0.333. The summed E-state index contributed by atoms with van der Waals surface area (Å²) in [7, 11) is -3.84. The van der Waals surface area contributed by atoms with Crippen molar-refractivity contribution in [1.82, 2.24) is 4.72 Å². The van der Waals surface area contributed by atoms with Crippen LogP contribution in [-0.2, 0) is 14.8 Å². The molecule has 0 aromatic heterocycles. The van der Waals surface area contributed by atoms with Crippen LogP contribution in [0.3, 0.4) is 0 Å². The van der Waals surface area contributed by atoms with Crippen molar-refractivity contribution in [1.29, 1.82) is 0 Å². The van der Waals surface area contributed by atoms with Gasteiger partial charge in [0.15, 0.2) is 11.9 Å². The second-order valence-corrected chi connectivity index (χ2v) is 5.89. The summed E-state index contributed by atoms with van der Waals surface area (Å²) < 4.78 is 26.0. The van der Waals surface area contributed by atoms with Crippen LogP contribution in [0.15, 0.2) is 29.2 Å². The average molecular weight is 301 g/mol. The van der Waals surface area contributed by atoms with E-state index in [9.17, 15) is 18.0 Å². The summed E-state index contributed by atoms with van der Waals surface area (Å²) in [5.74, 6) is -1.67. The second kappa shape index (κ2) is 6.60. The molecule has 0 aliphatic heterocycles. The number of carbonyl (C=O) groups excluding carboxylic acids is 1. The van der Waals surface area contributed by atoms with E-state index in [1.165, 1.54) is 31.2 Å². The lowest BCUT2D eigenvalue weighted by Gasteiger charge is -2.09. The zero-order valence-electron chi connectivity index (χ0n) is 10.7. The van der Waals surface area contributed by atoms with Gasteiger partial charge >= 0.3 is 5.97 Å². The summed E-state index contributed by atoms with van der Waals surface area (Å²) in [5, 5.41) is 17.5. The van der Waals surface area contributed by atoms with Gasteiger partial charge in [0.05, 0.1) is 4.90 Å². The maximum absolute atomic E-state index is 11.9. The van der Waals surface area contributed by atoms with Crippen molar-refractivity contribution < 1.29 is 28.2 Å². The number of carboxylic acid groups (broad SMARTS) is 1. The Balaban J connectivity index is 2.76. The Kier molecular flexibility index (Phi) is 5.37. The summed E-state index contributed by atoms with van der Waals surface area (Å²) in [4.78, 5) is 21.5. The molecule has 0 aliphatic rings. The molecule has 0 saturated heterocycles. The van der Waals surface area contributed by atoms with Crippen LogP contribution < -0.4 is 4.72 Å². The van der Waals surface area contributed by atoms with Crippen LogP contribution in [-0.4, -0.2) is 43.0 Å². The number of ketones is 1. The quantitative estimate of drug-likeness (QED) is 0.610. The maximum atomic E-state index is 11.9. The van der Waals surface area contributed by atoms with Gasteiger partial charge < -0.3 is 10.2 Å². The zero-order chi connectivity index (χ0) is 15.3. The zero-order valence-corrected chi connectivity index (χ0v) is 11.6. The van der Waals surface area contributed by atoms with Crippen molar-refractivity contribution in [2.24, 2.45) is 0 Å². The Bertz CT molecular complexity index is 610. The van der Waals surface area contributed by atoms with Crippen LogP contribution in [0.1, 0.15) is 23.7 Å². The van der Waals surface area contributed by atoms with Gasteiger partial charge in [-0.25, -0.2) is 17.9 Å². The van der Waals surface area contributed by atoms with E-state index in [-0.39, 0.29) is 29.2 Å². The van der Waals surface area contributed by atoms with E-state index >= 15 is 0 Å². The minimum absolute atomic E-state index is 0.0879. The van der Waals surface area contributed by atoms with Crippen LogP contribution in [0.2, 0.25) is 0 Å². The number of carboxylic acids is 1. The highest BCUT2D eigenvalue weighted by Crippen LogP contribution is 2.12.